The average molecular weight is 566 g/mol. The SMILES string of the molecule is COc1ccc(CCN2C(=O)C(=Cc3c(Sc4ccc(Cl)cc4)nc4ccccn4c3=O)SC2=S)cc1. The van der Waals surface area contributed by atoms with Gasteiger partial charge in [0.25, 0.3) is 11.5 Å². The zero-order valence-electron chi connectivity index (χ0n) is 19.6. The summed E-state index contributed by atoms with van der Waals surface area (Å²) in [7, 11) is 1.62. The number of ether oxygens (including phenoxy) is 1. The van der Waals surface area contributed by atoms with E-state index in [2.05, 4.69) is 0 Å². The first-order valence-electron chi connectivity index (χ1n) is 11.3. The summed E-state index contributed by atoms with van der Waals surface area (Å²) < 4.78 is 7.14. The molecular formula is C27H20ClN3O3S3. The molecule has 0 atom stereocenters. The van der Waals surface area contributed by atoms with Crippen molar-refractivity contribution in [2.24, 2.45) is 0 Å². The van der Waals surface area contributed by atoms with Crippen molar-refractivity contribution in [3.63, 3.8) is 0 Å². The highest BCUT2D eigenvalue weighted by Crippen LogP contribution is 2.35. The molecule has 0 radical (unpaired) electrons. The molecule has 1 aliphatic heterocycles. The van der Waals surface area contributed by atoms with Gasteiger partial charge >= 0.3 is 0 Å². The third kappa shape index (κ3) is 5.60. The van der Waals surface area contributed by atoms with E-state index < -0.39 is 0 Å². The fourth-order valence-corrected chi connectivity index (χ4v) is 6.06. The average Bonchev–Trinajstić information content (AvgIpc) is 3.18. The summed E-state index contributed by atoms with van der Waals surface area (Å²) in [4.78, 5) is 34.4. The summed E-state index contributed by atoms with van der Waals surface area (Å²) in [6.45, 7) is 0.440. The number of benzene rings is 2. The molecular weight excluding hydrogens is 546 g/mol. The predicted molar refractivity (Wildman–Crippen MR) is 154 cm³/mol. The first kappa shape index (κ1) is 25.5. The van der Waals surface area contributed by atoms with Crippen LogP contribution in [0.25, 0.3) is 11.7 Å². The van der Waals surface area contributed by atoms with Gasteiger partial charge in [0.15, 0.2) is 0 Å². The summed E-state index contributed by atoms with van der Waals surface area (Å²) in [5.41, 5.74) is 1.66. The Balaban J connectivity index is 1.46. The number of thioether (sulfide) groups is 1. The Morgan fingerprint density at radius 1 is 1.08 bits per heavy atom. The van der Waals surface area contributed by atoms with Crippen LogP contribution >= 0.6 is 47.3 Å². The zero-order chi connectivity index (χ0) is 25.9. The number of halogens is 1. The molecule has 0 unspecified atom stereocenters. The van der Waals surface area contributed by atoms with Crippen molar-refractivity contribution in [1.29, 1.82) is 0 Å². The summed E-state index contributed by atoms with van der Waals surface area (Å²) in [6.07, 6.45) is 3.92. The lowest BCUT2D eigenvalue weighted by Crippen LogP contribution is -2.30. The van der Waals surface area contributed by atoms with Gasteiger partial charge in [0, 0.05) is 22.7 Å². The van der Waals surface area contributed by atoms with Crippen LogP contribution < -0.4 is 10.3 Å². The van der Waals surface area contributed by atoms with Crippen LogP contribution in [0, 0.1) is 0 Å². The maximum Gasteiger partial charge on any atom is 0.266 e. The number of fused-ring (bicyclic) bond motifs is 1. The van der Waals surface area contributed by atoms with Crippen molar-refractivity contribution >= 4 is 69.3 Å². The number of amides is 1. The molecule has 4 aromatic rings. The standard InChI is InChI=1S/C27H20ClN3O3S3/c1-34-19-9-5-17(6-10-19)13-15-31-26(33)22(37-27(31)35)16-21-24(36-20-11-7-18(28)8-12-20)29-23-4-2-3-14-30(23)25(21)32/h2-12,14,16H,13,15H2,1H3. The van der Waals surface area contributed by atoms with Gasteiger partial charge in [-0.2, -0.15) is 0 Å². The highest BCUT2D eigenvalue weighted by molar-refractivity contribution is 8.26. The number of nitrogens with zero attached hydrogens (tertiary/aromatic N) is 3. The third-order valence-electron chi connectivity index (χ3n) is 5.69. The van der Waals surface area contributed by atoms with Gasteiger partial charge < -0.3 is 4.74 Å². The minimum absolute atomic E-state index is 0.219. The molecule has 186 valence electrons. The van der Waals surface area contributed by atoms with E-state index >= 15 is 0 Å². The van der Waals surface area contributed by atoms with Crippen molar-refractivity contribution in [3.05, 3.63) is 104 Å². The van der Waals surface area contributed by atoms with E-state index in [-0.39, 0.29) is 11.5 Å². The molecule has 0 N–H and O–H groups in total. The van der Waals surface area contributed by atoms with Crippen LogP contribution in [-0.4, -0.2) is 38.2 Å². The minimum atomic E-state index is -0.259. The maximum atomic E-state index is 13.5. The van der Waals surface area contributed by atoms with Gasteiger partial charge in [-0.3, -0.25) is 18.9 Å². The smallest absolute Gasteiger partial charge is 0.266 e. The van der Waals surface area contributed by atoms with Crippen LogP contribution in [0.1, 0.15) is 11.1 Å². The maximum absolute atomic E-state index is 13.5. The lowest BCUT2D eigenvalue weighted by molar-refractivity contribution is -0.122. The summed E-state index contributed by atoms with van der Waals surface area (Å²) in [5.74, 6) is 0.559. The number of methoxy groups -OCH3 is 1. The molecule has 3 heterocycles. The van der Waals surface area contributed by atoms with Gasteiger partial charge in [0.2, 0.25) is 0 Å². The van der Waals surface area contributed by atoms with Gasteiger partial charge in [0.05, 0.1) is 17.6 Å². The summed E-state index contributed by atoms with van der Waals surface area (Å²) in [6, 6.07) is 20.4. The van der Waals surface area contributed by atoms with E-state index in [0.29, 0.717) is 43.5 Å². The molecule has 0 aliphatic carbocycles. The van der Waals surface area contributed by atoms with E-state index in [9.17, 15) is 9.59 Å². The molecule has 1 amide bonds. The normalized spacial score (nSPS) is 14.6. The Hall–Kier alpha value is -3.11. The molecule has 6 nitrogen and oxygen atoms in total. The van der Waals surface area contributed by atoms with Crippen LogP contribution in [0.4, 0.5) is 0 Å². The monoisotopic (exact) mass is 565 g/mol. The Morgan fingerprint density at radius 2 is 1.84 bits per heavy atom. The number of hydrogen-bond acceptors (Lipinski definition) is 7. The molecule has 0 bridgehead atoms. The highest BCUT2D eigenvalue weighted by Gasteiger charge is 2.32. The highest BCUT2D eigenvalue weighted by atomic mass is 35.5. The van der Waals surface area contributed by atoms with Crippen LogP contribution in [0.15, 0.2) is 92.5 Å². The van der Waals surface area contributed by atoms with E-state index in [1.165, 1.54) is 27.9 Å². The molecule has 2 aromatic carbocycles. The topological polar surface area (TPSA) is 63.9 Å². The number of aromatic nitrogens is 2. The van der Waals surface area contributed by atoms with Crippen LogP contribution in [0.2, 0.25) is 5.02 Å². The van der Waals surface area contributed by atoms with Gasteiger partial charge in [0.1, 0.15) is 20.7 Å². The molecule has 0 saturated carbocycles. The molecule has 1 fully saturated rings. The Morgan fingerprint density at radius 3 is 2.57 bits per heavy atom. The van der Waals surface area contributed by atoms with E-state index in [1.54, 1.807) is 48.5 Å². The number of thiocarbonyl (C=S) groups is 1. The molecule has 1 aliphatic rings. The Labute approximate surface area is 232 Å². The van der Waals surface area contributed by atoms with Crippen molar-refractivity contribution < 1.29 is 9.53 Å². The second-order valence-corrected chi connectivity index (χ2v) is 11.2. The molecule has 37 heavy (non-hydrogen) atoms. The second kappa shape index (κ2) is 11.1. The van der Waals surface area contributed by atoms with Crippen LogP contribution in [0.5, 0.6) is 5.75 Å². The number of hydrogen-bond donors (Lipinski definition) is 0. The van der Waals surface area contributed by atoms with Crippen LogP contribution in [0.3, 0.4) is 0 Å². The van der Waals surface area contributed by atoms with Gasteiger partial charge in [-0.25, -0.2) is 4.98 Å². The first-order valence-corrected chi connectivity index (χ1v) is 13.7. The molecule has 0 spiro atoms. The van der Waals surface area contributed by atoms with Crippen molar-refractivity contribution in [2.75, 3.05) is 13.7 Å². The van der Waals surface area contributed by atoms with Crippen molar-refractivity contribution in [2.45, 2.75) is 16.3 Å². The van der Waals surface area contributed by atoms with Crippen LogP contribution in [-0.2, 0) is 11.2 Å². The molecule has 5 rings (SSSR count). The second-order valence-electron chi connectivity index (χ2n) is 8.05. The lowest BCUT2D eigenvalue weighted by Gasteiger charge is -2.14. The van der Waals surface area contributed by atoms with E-state index in [0.717, 1.165) is 16.2 Å². The van der Waals surface area contributed by atoms with Gasteiger partial charge in [-0.05, 0) is 66.6 Å². The number of carbonyl (C=O) groups is 1. The molecule has 1 saturated heterocycles. The fraction of sp³-hybridized carbons (Fsp3) is 0.111. The van der Waals surface area contributed by atoms with E-state index in [4.69, 9.17) is 33.5 Å². The third-order valence-corrected chi connectivity index (χ3v) is 8.34. The van der Waals surface area contributed by atoms with E-state index in [1.807, 2.05) is 42.5 Å². The van der Waals surface area contributed by atoms with Crippen molar-refractivity contribution in [3.8, 4) is 5.75 Å². The quantitative estimate of drug-likeness (QED) is 0.156. The number of carbonyl (C=O) groups excluding carboxylic acids is 1. The lowest BCUT2D eigenvalue weighted by atomic mass is 10.1. The zero-order valence-corrected chi connectivity index (χ0v) is 22.8. The number of rotatable bonds is 7. The molecule has 10 heteroatoms. The Bertz CT molecular complexity index is 1590. The fourth-order valence-electron chi connectivity index (χ4n) is 3.75. The van der Waals surface area contributed by atoms with Crippen molar-refractivity contribution in [1.82, 2.24) is 14.3 Å². The first-order chi connectivity index (χ1) is 17.9. The van der Waals surface area contributed by atoms with Gasteiger partial charge in [-0.1, -0.05) is 65.5 Å². The predicted octanol–water partition coefficient (Wildman–Crippen LogP) is 5.95. The molecule has 2 aromatic heterocycles. The summed E-state index contributed by atoms with van der Waals surface area (Å²) >= 11 is 14.1. The Kier molecular flexibility index (Phi) is 7.66. The largest absolute Gasteiger partial charge is 0.497 e. The number of pyridine rings is 1. The summed E-state index contributed by atoms with van der Waals surface area (Å²) in [5, 5.41) is 1.12. The van der Waals surface area contributed by atoms with Gasteiger partial charge in [-0.15, -0.1) is 0 Å². The minimum Gasteiger partial charge on any atom is -0.497 e.